The Morgan fingerprint density at radius 3 is 2.89 bits per heavy atom. The van der Waals surface area contributed by atoms with E-state index in [0.29, 0.717) is 12.8 Å². The first-order valence-corrected chi connectivity index (χ1v) is 6.02. The van der Waals surface area contributed by atoms with E-state index < -0.39 is 11.9 Å². The maximum atomic E-state index is 11.6. The molecule has 1 heterocycles. The van der Waals surface area contributed by atoms with Crippen molar-refractivity contribution in [1.29, 1.82) is 0 Å². The second kappa shape index (κ2) is 5.51. The molecule has 1 atom stereocenters. The van der Waals surface area contributed by atoms with Gasteiger partial charge >= 0.3 is 0 Å². The molecule has 0 radical (unpaired) electrons. The quantitative estimate of drug-likeness (QED) is 0.660. The second-order valence-electron chi connectivity index (χ2n) is 4.49. The van der Waals surface area contributed by atoms with Gasteiger partial charge in [-0.3, -0.25) is 19.7 Å². The molecule has 0 unspecified atom stereocenters. The minimum Gasteiger partial charge on any atom is -0.374 e. The molecular weight excluding hydrogens is 246 g/mol. The van der Waals surface area contributed by atoms with E-state index in [9.17, 15) is 14.4 Å². The number of hydrogen-bond donors (Lipinski definition) is 3. The largest absolute Gasteiger partial charge is 0.374 e. The van der Waals surface area contributed by atoms with Gasteiger partial charge < -0.3 is 11.1 Å². The van der Waals surface area contributed by atoms with E-state index in [1.54, 1.807) is 24.3 Å². The number of amides is 3. The van der Waals surface area contributed by atoms with E-state index in [-0.39, 0.29) is 18.2 Å². The molecule has 3 amide bonds. The summed E-state index contributed by atoms with van der Waals surface area (Å²) in [6.45, 7) is 0. The van der Waals surface area contributed by atoms with Crippen LogP contribution in [-0.2, 0) is 20.8 Å². The van der Waals surface area contributed by atoms with Gasteiger partial charge in [-0.25, -0.2) is 0 Å². The van der Waals surface area contributed by atoms with Crippen LogP contribution in [0.25, 0.3) is 0 Å². The van der Waals surface area contributed by atoms with Crippen molar-refractivity contribution >= 4 is 23.4 Å². The van der Waals surface area contributed by atoms with Crippen LogP contribution in [0.2, 0.25) is 0 Å². The third-order valence-corrected chi connectivity index (χ3v) is 2.89. The fourth-order valence-corrected chi connectivity index (χ4v) is 2.00. The van der Waals surface area contributed by atoms with Crippen molar-refractivity contribution < 1.29 is 14.4 Å². The van der Waals surface area contributed by atoms with Gasteiger partial charge in [-0.05, 0) is 24.1 Å². The normalized spacial score (nSPS) is 18.8. The van der Waals surface area contributed by atoms with Gasteiger partial charge in [0.05, 0.1) is 6.42 Å². The first kappa shape index (κ1) is 13.1. The Bertz CT molecular complexity index is 528. The summed E-state index contributed by atoms with van der Waals surface area (Å²) in [5, 5.41) is 5.33. The highest BCUT2D eigenvalue weighted by Gasteiger charge is 2.26. The highest BCUT2D eigenvalue weighted by Crippen LogP contribution is 2.15. The van der Waals surface area contributed by atoms with E-state index >= 15 is 0 Å². The lowest BCUT2D eigenvalue weighted by Crippen LogP contribution is -2.47. The fraction of sp³-hybridized carbons (Fsp3) is 0.308. The SMILES string of the molecule is NC(=O)Cc1cccc(N[C@@H]2CCC(=O)NC2=O)c1. The van der Waals surface area contributed by atoms with E-state index in [0.717, 1.165) is 11.3 Å². The molecule has 19 heavy (non-hydrogen) atoms. The first-order valence-electron chi connectivity index (χ1n) is 6.02. The van der Waals surface area contributed by atoms with Gasteiger partial charge in [0, 0.05) is 12.1 Å². The van der Waals surface area contributed by atoms with Crippen molar-refractivity contribution in [2.24, 2.45) is 5.73 Å². The van der Waals surface area contributed by atoms with Gasteiger partial charge in [0.15, 0.2) is 0 Å². The van der Waals surface area contributed by atoms with Crippen molar-refractivity contribution in [2.75, 3.05) is 5.32 Å². The lowest BCUT2D eigenvalue weighted by molar-refractivity contribution is -0.133. The highest BCUT2D eigenvalue weighted by molar-refractivity contribution is 6.01. The number of piperidine rings is 1. The summed E-state index contributed by atoms with van der Waals surface area (Å²) in [6.07, 6.45) is 0.944. The van der Waals surface area contributed by atoms with Gasteiger partial charge in [-0.1, -0.05) is 12.1 Å². The standard InChI is InChI=1S/C13H15N3O3/c14-11(17)7-8-2-1-3-9(6-8)15-10-4-5-12(18)16-13(10)19/h1-3,6,10,15H,4-5,7H2,(H2,14,17)(H,16,18,19)/t10-/m1/s1. The average molecular weight is 261 g/mol. The molecule has 1 aliphatic rings. The van der Waals surface area contributed by atoms with Crippen LogP contribution in [0.5, 0.6) is 0 Å². The molecule has 6 heteroatoms. The van der Waals surface area contributed by atoms with Crippen molar-refractivity contribution in [3.05, 3.63) is 29.8 Å². The molecular formula is C13H15N3O3. The topological polar surface area (TPSA) is 101 Å². The van der Waals surface area contributed by atoms with Crippen LogP contribution < -0.4 is 16.4 Å². The van der Waals surface area contributed by atoms with E-state index in [1.807, 2.05) is 0 Å². The number of anilines is 1. The summed E-state index contributed by atoms with van der Waals surface area (Å²) in [5.74, 6) is -0.972. The van der Waals surface area contributed by atoms with Crippen LogP contribution in [0.1, 0.15) is 18.4 Å². The van der Waals surface area contributed by atoms with Crippen LogP contribution in [-0.4, -0.2) is 23.8 Å². The Morgan fingerprint density at radius 2 is 2.21 bits per heavy atom. The number of rotatable bonds is 4. The molecule has 4 N–H and O–H groups in total. The predicted molar refractivity (Wildman–Crippen MR) is 69.1 cm³/mol. The van der Waals surface area contributed by atoms with Crippen molar-refractivity contribution in [3.8, 4) is 0 Å². The van der Waals surface area contributed by atoms with Gasteiger partial charge in [0.2, 0.25) is 17.7 Å². The summed E-state index contributed by atoms with van der Waals surface area (Å²) < 4.78 is 0. The number of primary amides is 1. The molecule has 0 aliphatic carbocycles. The number of carbonyl (C=O) groups is 3. The van der Waals surface area contributed by atoms with Crippen LogP contribution >= 0.6 is 0 Å². The van der Waals surface area contributed by atoms with E-state index in [1.165, 1.54) is 0 Å². The molecule has 100 valence electrons. The molecule has 0 bridgehead atoms. The summed E-state index contributed by atoms with van der Waals surface area (Å²) in [4.78, 5) is 33.5. The lowest BCUT2D eigenvalue weighted by Gasteiger charge is -2.23. The Hall–Kier alpha value is -2.37. The Kier molecular flexibility index (Phi) is 3.79. The number of carbonyl (C=O) groups excluding carboxylic acids is 3. The highest BCUT2D eigenvalue weighted by atomic mass is 16.2. The maximum Gasteiger partial charge on any atom is 0.249 e. The van der Waals surface area contributed by atoms with Gasteiger partial charge in [0.1, 0.15) is 6.04 Å². The number of imide groups is 1. The minimum atomic E-state index is -0.429. The number of hydrogen-bond acceptors (Lipinski definition) is 4. The maximum absolute atomic E-state index is 11.6. The summed E-state index contributed by atoms with van der Waals surface area (Å²) >= 11 is 0. The van der Waals surface area contributed by atoms with Crippen molar-refractivity contribution in [2.45, 2.75) is 25.3 Å². The summed E-state index contributed by atoms with van der Waals surface area (Å²) in [5.41, 5.74) is 6.65. The van der Waals surface area contributed by atoms with Gasteiger partial charge in [0.25, 0.3) is 0 Å². The van der Waals surface area contributed by atoms with Crippen molar-refractivity contribution in [3.63, 3.8) is 0 Å². The molecule has 0 saturated carbocycles. The van der Waals surface area contributed by atoms with Gasteiger partial charge in [-0.15, -0.1) is 0 Å². The Balaban J connectivity index is 2.04. The zero-order valence-electron chi connectivity index (χ0n) is 10.3. The number of nitrogens with one attached hydrogen (secondary N) is 2. The molecule has 1 aromatic rings. The third kappa shape index (κ3) is 3.54. The van der Waals surface area contributed by atoms with E-state index in [2.05, 4.69) is 10.6 Å². The molecule has 1 saturated heterocycles. The van der Waals surface area contributed by atoms with Crippen molar-refractivity contribution in [1.82, 2.24) is 5.32 Å². The summed E-state index contributed by atoms with van der Waals surface area (Å²) in [6, 6.07) is 6.72. The van der Waals surface area contributed by atoms with Crippen LogP contribution in [0, 0.1) is 0 Å². The fourth-order valence-electron chi connectivity index (χ4n) is 2.00. The Morgan fingerprint density at radius 1 is 1.42 bits per heavy atom. The predicted octanol–water partition coefficient (Wildman–Crippen LogP) is -0.0685. The molecule has 6 nitrogen and oxygen atoms in total. The zero-order chi connectivity index (χ0) is 13.8. The number of benzene rings is 1. The molecule has 1 aromatic carbocycles. The smallest absolute Gasteiger partial charge is 0.249 e. The van der Waals surface area contributed by atoms with Crippen LogP contribution in [0.3, 0.4) is 0 Å². The minimum absolute atomic E-state index is 0.158. The monoisotopic (exact) mass is 261 g/mol. The van der Waals surface area contributed by atoms with Crippen LogP contribution in [0.4, 0.5) is 5.69 Å². The second-order valence-corrected chi connectivity index (χ2v) is 4.49. The van der Waals surface area contributed by atoms with E-state index in [4.69, 9.17) is 5.73 Å². The molecule has 0 aromatic heterocycles. The zero-order valence-corrected chi connectivity index (χ0v) is 10.3. The van der Waals surface area contributed by atoms with Crippen LogP contribution in [0.15, 0.2) is 24.3 Å². The Labute approximate surface area is 110 Å². The first-order chi connectivity index (χ1) is 9.04. The molecule has 1 aliphatic heterocycles. The molecule has 2 rings (SSSR count). The summed E-state index contributed by atoms with van der Waals surface area (Å²) in [7, 11) is 0. The van der Waals surface area contributed by atoms with Gasteiger partial charge in [-0.2, -0.15) is 0 Å². The number of nitrogens with two attached hydrogens (primary N) is 1. The lowest BCUT2D eigenvalue weighted by atomic mass is 10.0. The average Bonchev–Trinajstić information content (AvgIpc) is 2.32. The molecule has 0 spiro atoms. The third-order valence-electron chi connectivity index (χ3n) is 2.89. The molecule has 1 fully saturated rings.